The highest BCUT2D eigenvalue weighted by atomic mass is 19.1. The summed E-state index contributed by atoms with van der Waals surface area (Å²) in [6.07, 6.45) is 1.21. The summed E-state index contributed by atoms with van der Waals surface area (Å²) in [5.41, 5.74) is 0.762. The number of aliphatic hydroxyl groups is 1. The molecule has 0 radical (unpaired) electrons. The molecule has 1 amide bonds. The minimum absolute atomic E-state index is 0.0557. The molecule has 0 aromatic heterocycles. The quantitative estimate of drug-likeness (QED) is 0.847. The molecule has 1 rings (SSSR count). The van der Waals surface area contributed by atoms with Crippen molar-refractivity contribution >= 4 is 5.91 Å². The fraction of sp³-hybridized carbons (Fsp3) is 0.471. The molecule has 0 saturated heterocycles. The Bertz CT molecular complexity index is 543. The van der Waals surface area contributed by atoms with E-state index < -0.39 is 5.82 Å². The maximum Gasteiger partial charge on any atom is 0.254 e. The van der Waals surface area contributed by atoms with Crippen molar-refractivity contribution in [3.05, 3.63) is 35.1 Å². The van der Waals surface area contributed by atoms with Gasteiger partial charge in [-0.25, -0.2) is 4.39 Å². The Morgan fingerprint density at radius 2 is 2.14 bits per heavy atom. The first-order chi connectivity index (χ1) is 9.95. The van der Waals surface area contributed by atoms with Crippen molar-refractivity contribution in [2.45, 2.75) is 26.7 Å². The van der Waals surface area contributed by atoms with Gasteiger partial charge in [0, 0.05) is 25.6 Å². The van der Waals surface area contributed by atoms with Crippen LogP contribution < -0.4 is 0 Å². The van der Waals surface area contributed by atoms with Crippen LogP contribution in [0.1, 0.15) is 42.6 Å². The van der Waals surface area contributed by atoms with Gasteiger partial charge in [0.1, 0.15) is 5.82 Å². The molecule has 0 aliphatic rings. The van der Waals surface area contributed by atoms with Crippen LogP contribution in [0.25, 0.3) is 0 Å². The Hall–Kier alpha value is -1.86. The van der Waals surface area contributed by atoms with Crippen molar-refractivity contribution in [1.29, 1.82) is 0 Å². The molecule has 21 heavy (non-hydrogen) atoms. The molecule has 0 atom stereocenters. The Labute approximate surface area is 125 Å². The smallest absolute Gasteiger partial charge is 0.254 e. The van der Waals surface area contributed by atoms with E-state index in [0.717, 1.165) is 6.42 Å². The molecule has 1 N–H and O–H groups in total. The first kappa shape index (κ1) is 17.2. The van der Waals surface area contributed by atoms with Crippen LogP contribution in [0.2, 0.25) is 0 Å². The fourth-order valence-corrected chi connectivity index (χ4v) is 1.78. The van der Waals surface area contributed by atoms with Crippen molar-refractivity contribution in [2.75, 3.05) is 20.2 Å². The van der Waals surface area contributed by atoms with Crippen LogP contribution in [-0.2, 0) is 0 Å². The molecule has 0 bridgehead atoms. The van der Waals surface area contributed by atoms with E-state index in [0.29, 0.717) is 30.0 Å². The Kier molecular flexibility index (Phi) is 6.90. The zero-order chi connectivity index (χ0) is 15.8. The maximum atomic E-state index is 13.3. The van der Waals surface area contributed by atoms with E-state index in [4.69, 9.17) is 5.11 Å². The van der Waals surface area contributed by atoms with Crippen LogP contribution in [0.15, 0.2) is 18.2 Å². The van der Waals surface area contributed by atoms with Gasteiger partial charge in [-0.2, -0.15) is 0 Å². The minimum Gasteiger partial charge on any atom is -0.395 e. The molecule has 4 heteroatoms. The normalized spacial score (nSPS) is 10.2. The standard InChI is InChI=1S/C17H22FNO2/c1-13(2)9-10-19(3)17(21)16-8-7-15(18)12-14(16)6-4-5-11-20/h7-8,12-13,20H,5,9-11H2,1-3H3. The molecule has 0 unspecified atom stereocenters. The number of hydrogen-bond acceptors (Lipinski definition) is 2. The predicted octanol–water partition coefficient (Wildman–Crippen LogP) is 2.68. The summed E-state index contributed by atoms with van der Waals surface area (Å²) in [6.45, 7) is 4.79. The first-order valence-corrected chi connectivity index (χ1v) is 7.10. The van der Waals surface area contributed by atoms with Gasteiger partial charge in [-0.3, -0.25) is 4.79 Å². The molecule has 0 aliphatic heterocycles. The van der Waals surface area contributed by atoms with Gasteiger partial charge in [-0.1, -0.05) is 25.7 Å². The van der Waals surface area contributed by atoms with Gasteiger partial charge < -0.3 is 10.0 Å². The van der Waals surface area contributed by atoms with Crippen LogP contribution in [0.4, 0.5) is 4.39 Å². The van der Waals surface area contributed by atoms with E-state index in [-0.39, 0.29) is 12.5 Å². The molecule has 0 heterocycles. The fourth-order valence-electron chi connectivity index (χ4n) is 1.78. The number of amides is 1. The van der Waals surface area contributed by atoms with Crippen LogP contribution in [0.3, 0.4) is 0 Å². The van der Waals surface area contributed by atoms with Crippen molar-refractivity contribution in [2.24, 2.45) is 5.92 Å². The van der Waals surface area contributed by atoms with Crippen LogP contribution in [0.5, 0.6) is 0 Å². The number of carbonyl (C=O) groups is 1. The molecule has 1 aromatic rings. The van der Waals surface area contributed by atoms with E-state index in [9.17, 15) is 9.18 Å². The second-order valence-corrected chi connectivity index (χ2v) is 5.37. The molecule has 114 valence electrons. The highest BCUT2D eigenvalue weighted by molar-refractivity contribution is 5.96. The Morgan fingerprint density at radius 1 is 1.43 bits per heavy atom. The van der Waals surface area contributed by atoms with E-state index >= 15 is 0 Å². The van der Waals surface area contributed by atoms with Gasteiger partial charge in [0.15, 0.2) is 0 Å². The topological polar surface area (TPSA) is 40.5 Å². The van der Waals surface area contributed by atoms with Crippen molar-refractivity contribution in [3.8, 4) is 11.8 Å². The van der Waals surface area contributed by atoms with E-state index in [1.807, 2.05) is 0 Å². The van der Waals surface area contributed by atoms with Gasteiger partial charge >= 0.3 is 0 Å². The van der Waals surface area contributed by atoms with E-state index in [1.165, 1.54) is 18.2 Å². The number of aliphatic hydroxyl groups excluding tert-OH is 1. The van der Waals surface area contributed by atoms with E-state index in [2.05, 4.69) is 25.7 Å². The second-order valence-electron chi connectivity index (χ2n) is 5.37. The zero-order valence-electron chi connectivity index (χ0n) is 12.8. The Morgan fingerprint density at radius 3 is 2.76 bits per heavy atom. The van der Waals surface area contributed by atoms with Crippen molar-refractivity contribution in [3.63, 3.8) is 0 Å². The van der Waals surface area contributed by atoms with Gasteiger partial charge in [-0.15, -0.1) is 0 Å². The molecule has 0 spiro atoms. The number of rotatable bonds is 5. The maximum absolute atomic E-state index is 13.3. The molecule has 0 fully saturated rings. The third kappa shape index (κ3) is 5.57. The highest BCUT2D eigenvalue weighted by Gasteiger charge is 2.15. The molecule has 1 aromatic carbocycles. The van der Waals surface area contributed by atoms with Gasteiger partial charge in [0.25, 0.3) is 5.91 Å². The summed E-state index contributed by atoms with van der Waals surface area (Å²) >= 11 is 0. The summed E-state index contributed by atoms with van der Waals surface area (Å²) < 4.78 is 13.3. The third-order valence-electron chi connectivity index (χ3n) is 3.06. The third-order valence-corrected chi connectivity index (χ3v) is 3.06. The van der Waals surface area contributed by atoms with Crippen LogP contribution in [-0.4, -0.2) is 36.1 Å². The van der Waals surface area contributed by atoms with Crippen LogP contribution >= 0.6 is 0 Å². The van der Waals surface area contributed by atoms with Gasteiger partial charge in [-0.05, 0) is 30.5 Å². The number of hydrogen-bond donors (Lipinski definition) is 1. The summed E-state index contributed by atoms with van der Waals surface area (Å²) in [6, 6.07) is 3.99. The van der Waals surface area contributed by atoms with Crippen molar-refractivity contribution < 1.29 is 14.3 Å². The second kappa shape index (κ2) is 8.43. The lowest BCUT2D eigenvalue weighted by molar-refractivity contribution is 0.0789. The largest absolute Gasteiger partial charge is 0.395 e. The molecular formula is C17H22FNO2. The van der Waals surface area contributed by atoms with Crippen LogP contribution in [0, 0.1) is 23.6 Å². The van der Waals surface area contributed by atoms with E-state index in [1.54, 1.807) is 11.9 Å². The summed E-state index contributed by atoms with van der Waals surface area (Å²) in [5, 5.41) is 8.74. The highest BCUT2D eigenvalue weighted by Crippen LogP contribution is 2.13. The number of benzene rings is 1. The minimum atomic E-state index is -0.426. The lowest BCUT2D eigenvalue weighted by atomic mass is 10.1. The summed E-state index contributed by atoms with van der Waals surface area (Å²) in [7, 11) is 1.74. The lowest BCUT2D eigenvalue weighted by Gasteiger charge is -2.19. The average molecular weight is 291 g/mol. The molecule has 0 aliphatic carbocycles. The monoisotopic (exact) mass is 291 g/mol. The zero-order valence-corrected chi connectivity index (χ0v) is 12.8. The Balaban J connectivity index is 2.95. The molecule has 0 saturated carbocycles. The number of halogens is 1. The number of carbonyl (C=O) groups excluding carboxylic acids is 1. The first-order valence-electron chi connectivity index (χ1n) is 7.10. The SMILES string of the molecule is CC(C)CCN(C)C(=O)c1ccc(F)cc1C#CCCO. The van der Waals surface area contributed by atoms with Gasteiger partial charge in [0.2, 0.25) is 0 Å². The average Bonchev–Trinajstić information content (AvgIpc) is 2.44. The number of nitrogens with zero attached hydrogens (tertiary/aromatic N) is 1. The van der Waals surface area contributed by atoms with Crippen molar-refractivity contribution in [1.82, 2.24) is 4.90 Å². The molecular weight excluding hydrogens is 269 g/mol. The summed E-state index contributed by atoms with van der Waals surface area (Å²) in [4.78, 5) is 14.0. The lowest BCUT2D eigenvalue weighted by Crippen LogP contribution is -2.29. The predicted molar refractivity (Wildman–Crippen MR) is 81.4 cm³/mol. The van der Waals surface area contributed by atoms with Gasteiger partial charge in [0.05, 0.1) is 12.2 Å². The molecule has 3 nitrogen and oxygen atoms in total. The summed E-state index contributed by atoms with van der Waals surface area (Å²) in [5.74, 6) is 5.41.